The van der Waals surface area contributed by atoms with E-state index in [0.717, 1.165) is 40.9 Å². The number of barbiturate groups is 1. The summed E-state index contributed by atoms with van der Waals surface area (Å²) in [5.41, 5.74) is 0.992. The van der Waals surface area contributed by atoms with E-state index in [0.29, 0.717) is 17.3 Å². The van der Waals surface area contributed by atoms with Crippen LogP contribution >= 0.6 is 15.9 Å². The number of benzene rings is 1. The van der Waals surface area contributed by atoms with Crippen molar-refractivity contribution in [3.05, 3.63) is 51.7 Å². The summed E-state index contributed by atoms with van der Waals surface area (Å²) in [5.74, 6) is -0.314. The van der Waals surface area contributed by atoms with Crippen molar-refractivity contribution in [3.8, 4) is 0 Å². The molecular weight excluding hydrogens is 426 g/mol. The molecule has 2 aromatic rings. The second-order valence-corrected chi connectivity index (χ2v) is 7.67. The van der Waals surface area contributed by atoms with Crippen molar-refractivity contribution in [1.29, 1.82) is 0 Å². The lowest BCUT2D eigenvalue weighted by atomic mass is 10.1. The Morgan fingerprint density at radius 1 is 1.11 bits per heavy atom. The summed E-state index contributed by atoms with van der Waals surface area (Å²) in [6.07, 6.45) is 3.61. The summed E-state index contributed by atoms with van der Waals surface area (Å²) in [6.45, 7) is 3.64. The van der Waals surface area contributed by atoms with Crippen molar-refractivity contribution >= 4 is 51.4 Å². The van der Waals surface area contributed by atoms with E-state index < -0.39 is 17.8 Å². The predicted molar refractivity (Wildman–Crippen MR) is 108 cm³/mol. The molecule has 3 heterocycles. The molecule has 0 spiro atoms. The lowest BCUT2D eigenvalue weighted by Crippen LogP contribution is -2.54. The lowest BCUT2D eigenvalue weighted by Gasteiger charge is -2.27. The first-order chi connectivity index (χ1) is 13.4. The highest BCUT2D eigenvalue weighted by atomic mass is 79.9. The van der Waals surface area contributed by atoms with Crippen LogP contribution in [-0.4, -0.2) is 30.9 Å². The molecule has 0 aliphatic carbocycles. The number of nitrogens with one attached hydrogen (secondary N) is 1. The molecule has 4 amide bonds. The molecule has 2 saturated heterocycles. The van der Waals surface area contributed by atoms with Crippen LogP contribution in [0.2, 0.25) is 0 Å². The molecule has 0 radical (unpaired) electrons. The molecule has 0 bridgehead atoms. The largest absolute Gasteiger partial charge is 0.441 e. The van der Waals surface area contributed by atoms with Crippen LogP contribution in [0.4, 0.5) is 16.4 Å². The third kappa shape index (κ3) is 3.35. The van der Waals surface area contributed by atoms with Gasteiger partial charge in [0.15, 0.2) is 5.88 Å². The Kier molecular flexibility index (Phi) is 4.80. The first kappa shape index (κ1) is 18.5. The van der Waals surface area contributed by atoms with Gasteiger partial charge in [-0.3, -0.25) is 14.9 Å². The number of hydrogen-bond donors (Lipinski definition) is 1. The number of carbonyl (C=O) groups is 3. The average molecular weight is 444 g/mol. The number of halogens is 1. The lowest BCUT2D eigenvalue weighted by molar-refractivity contribution is -0.122. The van der Waals surface area contributed by atoms with E-state index in [9.17, 15) is 14.4 Å². The van der Waals surface area contributed by atoms with E-state index >= 15 is 0 Å². The van der Waals surface area contributed by atoms with Gasteiger partial charge >= 0.3 is 6.03 Å². The summed E-state index contributed by atoms with van der Waals surface area (Å²) < 4.78 is 6.61. The third-order valence-electron chi connectivity index (χ3n) is 4.82. The van der Waals surface area contributed by atoms with Gasteiger partial charge in [0.1, 0.15) is 11.3 Å². The minimum absolute atomic E-state index is 0.149. The average Bonchev–Trinajstić information content (AvgIpc) is 3.31. The maximum absolute atomic E-state index is 13.0. The summed E-state index contributed by atoms with van der Waals surface area (Å²) in [6, 6.07) is 7.96. The standard InChI is InChI=1S/C20H18BrN3O4/c1-12-10-13(21)4-6-16(12)24-19(26)15(18(25)22-20(24)27)11-14-5-7-17(28-14)23-8-2-3-9-23/h4-7,10-11H,2-3,8-9H2,1H3,(H,22,25,27)/b15-11+. The molecule has 28 heavy (non-hydrogen) atoms. The molecule has 4 rings (SSSR count). The van der Waals surface area contributed by atoms with Gasteiger partial charge in [0.25, 0.3) is 11.8 Å². The van der Waals surface area contributed by atoms with Crippen molar-refractivity contribution in [3.63, 3.8) is 0 Å². The second kappa shape index (κ2) is 7.27. The minimum Gasteiger partial charge on any atom is -0.441 e. The number of furan rings is 1. The van der Waals surface area contributed by atoms with Gasteiger partial charge in [0, 0.05) is 23.6 Å². The summed E-state index contributed by atoms with van der Waals surface area (Å²) in [5, 5.41) is 2.23. The van der Waals surface area contributed by atoms with Crippen molar-refractivity contribution in [2.24, 2.45) is 0 Å². The van der Waals surface area contributed by atoms with Gasteiger partial charge in [-0.2, -0.15) is 0 Å². The summed E-state index contributed by atoms with van der Waals surface area (Å²) in [4.78, 5) is 40.7. The molecule has 7 nitrogen and oxygen atoms in total. The van der Waals surface area contributed by atoms with E-state index in [4.69, 9.17) is 4.42 Å². The van der Waals surface area contributed by atoms with Crippen LogP contribution in [-0.2, 0) is 9.59 Å². The zero-order valence-electron chi connectivity index (χ0n) is 15.2. The van der Waals surface area contributed by atoms with Gasteiger partial charge in [-0.05, 0) is 55.7 Å². The fourth-order valence-corrected chi connectivity index (χ4v) is 3.89. The molecule has 0 saturated carbocycles. The fraction of sp³-hybridized carbons (Fsp3) is 0.250. The number of aryl methyl sites for hydroxylation is 1. The van der Waals surface area contributed by atoms with Crippen LogP contribution < -0.4 is 15.1 Å². The normalized spacial score (nSPS) is 18.9. The quantitative estimate of drug-likeness (QED) is 0.578. The first-order valence-corrected chi connectivity index (χ1v) is 9.76. The Balaban J connectivity index is 1.66. The zero-order valence-corrected chi connectivity index (χ0v) is 16.8. The van der Waals surface area contributed by atoms with Crippen LogP contribution in [0, 0.1) is 6.92 Å². The van der Waals surface area contributed by atoms with E-state index in [1.54, 1.807) is 31.2 Å². The number of amides is 4. The van der Waals surface area contributed by atoms with Crippen molar-refractivity contribution in [2.45, 2.75) is 19.8 Å². The Bertz CT molecular complexity index is 1000. The monoisotopic (exact) mass is 443 g/mol. The van der Waals surface area contributed by atoms with Crippen LogP contribution in [0.5, 0.6) is 0 Å². The van der Waals surface area contributed by atoms with Gasteiger partial charge in [-0.25, -0.2) is 9.69 Å². The molecule has 1 N–H and O–H groups in total. The van der Waals surface area contributed by atoms with Gasteiger partial charge in [0.05, 0.1) is 5.69 Å². The van der Waals surface area contributed by atoms with Crippen molar-refractivity contribution < 1.29 is 18.8 Å². The molecule has 1 aromatic heterocycles. The highest BCUT2D eigenvalue weighted by Crippen LogP contribution is 2.29. The van der Waals surface area contributed by atoms with Gasteiger partial charge in [-0.15, -0.1) is 0 Å². The van der Waals surface area contributed by atoms with Gasteiger partial charge < -0.3 is 9.32 Å². The zero-order chi connectivity index (χ0) is 19.8. The maximum atomic E-state index is 13.0. The molecule has 1 aromatic carbocycles. The van der Waals surface area contributed by atoms with Crippen LogP contribution in [0.1, 0.15) is 24.2 Å². The fourth-order valence-electron chi connectivity index (χ4n) is 3.42. The van der Waals surface area contributed by atoms with Gasteiger partial charge in [0.2, 0.25) is 0 Å². The highest BCUT2D eigenvalue weighted by Gasteiger charge is 2.37. The van der Waals surface area contributed by atoms with E-state index in [-0.39, 0.29) is 5.57 Å². The first-order valence-electron chi connectivity index (χ1n) is 8.96. The predicted octanol–water partition coefficient (Wildman–Crippen LogP) is 3.62. The Morgan fingerprint density at radius 2 is 1.86 bits per heavy atom. The molecule has 2 aliphatic rings. The Labute approximate surface area is 170 Å². The maximum Gasteiger partial charge on any atom is 0.335 e. The highest BCUT2D eigenvalue weighted by molar-refractivity contribution is 9.10. The number of anilines is 2. The molecular formula is C20H18BrN3O4. The molecule has 0 unspecified atom stereocenters. The molecule has 0 atom stereocenters. The SMILES string of the molecule is Cc1cc(Br)ccc1N1C(=O)NC(=O)/C(=C\c2ccc(N3CCCC3)o2)C1=O. The smallest absolute Gasteiger partial charge is 0.335 e. The van der Waals surface area contributed by atoms with Crippen LogP contribution in [0.25, 0.3) is 6.08 Å². The molecule has 2 fully saturated rings. The number of nitrogens with zero attached hydrogens (tertiary/aromatic N) is 2. The number of rotatable bonds is 3. The minimum atomic E-state index is -0.769. The van der Waals surface area contributed by atoms with E-state index in [1.807, 2.05) is 6.07 Å². The van der Waals surface area contributed by atoms with Crippen LogP contribution in [0.3, 0.4) is 0 Å². The third-order valence-corrected chi connectivity index (χ3v) is 5.31. The van der Waals surface area contributed by atoms with Gasteiger partial charge in [-0.1, -0.05) is 15.9 Å². The second-order valence-electron chi connectivity index (χ2n) is 6.76. The number of imide groups is 2. The van der Waals surface area contributed by atoms with E-state index in [2.05, 4.69) is 26.1 Å². The number of urea groups is 1. The van der Waals surface area contributed by atoms with E-state index in [1.165, 1.54) is 6.08 Å². The summed E-state index contributed by atoms with van der Waals surface area (Å²) >= 11 is 3.36. The molecule has 8 heteroatoms. The van der Waals surface area contributed by atoms with Crippen LogP contribution in [0.15, 0.2) is 44.8 Å². The Morgan fingerprint density at radius 3 is 2.57 bits per heavy atom. The summed E-state index contributed by atoms with van der Waals surface area (Å²) in [7, 11) is 0. The number of carbonyl (C=O) groups excluding carboxylic acids is 3. The molecule has 2 aliphatic heterocycles. The molecule has 144 valence electrons. The van der Waals surface area contributed by atoms with Crippen molar-refractivity contribution in [1.82, 2.24) is 5.32 Å². The Hall–Kier alpha value is -2.87. The van der Waals surface area contributed by atoms with Crippen molar-refractivity contribution in [2.75, 3.05) is 22.9 Å². The number of hydrogen-bond acceptors (Lipinski definition) is 5. The topological polar surface area (TPSA) is 82.9 Å².